The Morgan fingerprint density at radius 1 is 1.27 bits per heavy atom. The van der Waals surface area contributed by atoms with Crippen molar-refractivity contribution in [3.63, 3.8) is 0 Å². The number of ether oxygens (including phenoxy) is 1. The molecule has 1 aromatic heterocycles. The predicted octanol–water partition coefficient (Wildman–Crippen LogP) is 3.36. The molecule has 0 bridgehead atoms. The third-order valence-corrected chi connectivity index (χ3v) is 4.93. The lowest BCUT2D eigenvalue weighted by molar-refractivity contribution is 0.00754. The molecule has 0 amide bonds. The Bertz CT molecular complexity index is 1000. The van der Waals surface area contributed by atoms with E-state index in [1.54, 1.807) is 24.3 Å². The van der Waals surface area contributed by atoms with Crippen LogP contribution in [0.4, 0.5) is 10.1 Å². The molecule has 0 spiro atoms. The van der Waals surface area contributed by atoms with Gasteiger partial charge in [0, 0.05) is 24.9 Å². The Hall–Kier alpha value is -2.95. The molecule has 9 nitrogen and oxygen atoms in total. The van der Waals surface area contributed by atoms with Crippen LogP contribution in [0.15, 0.2) is 55.0 Å². The van der Waals surface area contributed by atoms with Gasteiger partial charge in [-0.1, -0.05) is 11.6 Å². The number of halogens is 2. The van der Waals surface area contributed by atoms with Gasteiger partial charge in [-0.25, -0.2) is 19.8 Å². The number of furan rings is 1. The zero-order valence-electron chi connectivity index (χ0n) is 15.7. The van der Waals surface area contributed by atoms with E-state index in [0.29, 0.717) is 43.4 Å². The number of nitrogens with one attached hydrogen (secondary N) is 1. The van der Waals surface area contributed by atoms with Crippen LogP contribution in [-0.4, -0.2) is 61.9 Å². The van der Waals surface area contributed by atoms with Crippen molar-refractivity contribution in [2.75, 3.05) is 26.3 Å². The number of hydrogen-bond donors (Lipinski definition) is 1. The molecular weight excluding hydrogens is 415 g/mol. The number of nitroso groups, excluding NO2 is 1. The van der Waals surface area contributed by atoms with E-state index in [2.05, 4.69) is 25.7 Å². The fourth-order valence-corrected chi connectivity index (χ4v) is 3.25. The number of benzene rings is 1. The molecule has 2 aromatic rings. The summed E-state index contributed by atoms with van der Waals surface area (Å²) in [6.45, 7) is 2.33. The highest BCUT2D eigenvalue weighted by Crippen LogP contribution is 2.31. The van der Waals surface area contributed by atoms with E-state index in [1.165, 1.54) is 18.5 Å². The maximum Gasteiger partial charge on any atom is 0.240 e. The van der Waals surface area contributed by atoms with Crippen molar-refractivity contribution in [3.8, 4) is 11.3 Å². The second-order valence-electron chi connectivity index (χ2n) is 6.57. The van der Waals surface area contributed by atoms with Crippen LogP contribution in [0.5, 0.6) is 0 Å². The number of nitrogens with zero attached hydrogens (tertiary/aromatic N) is 5. The van der Waals surface area contributed by atoms with Crippen molar-refractivity contribution >= 4 is 35.7 Å². The molecular formula is C19H18ClFN6O3. The highest BCUT2D eigenvalue weighted by atomic mass is 35.5. The summed E-state index contributed by atoms with van der Waals surface area (Å²) in [5.41, 5.74) is 3.49. The minimum absolute atomic E-state index is 0.136. The van der Waals surface area contributed by atoms with Crippen LogP contribution in [0.25, 0.3) is 11.3 Å². The summed E-state index contributed by atoms with van der Waals surface area (Å²) < 4.78 is 25.2. The van der Waals surface area contributed by atoms with Crippen molar-refractivity contribution in [3.05, 3.63) is 46.0 Å². The number of hydrazone groups is 1. The van der Waals surface area contributed by atoms with E-state index < -0.39 is 12.3 Å². The van der Waals surface area contributed by atoms with Gasteiger partial charge < -0.3 is 9.15 Å². The van der Waals surface area contributed by atoms with Gasteiger partial charge in [-0.15, -0.1) is 4.91 Å². The molecule has 11 heteroatoms. The zero-order chi connectivity index (χ0) is 20.9. The standard InChI is InChI=1S/C19H18ClFN6O3/c20-14-3-1-12(9-16(14)26-28)17-4-2-13(30-17)10-23-25-19-22-11-15(21)18(24-19)27-5-7-29-8-6-27/h1-4,9-11,15,18H,5-8H2,(H,24,25)/b23-10-. The van der Waals surface area contributed by atoms with E-state index in [1.807, 2.05) is 4.90 Å². The van der Waals surface area contributed by atoms with Gasteiger partial charge in [0.2, 0.25) is 5.96 Å². The molecule has 1 aromatic carbocycles. The topological polar surface area (TPSA) is 104 Å². The van der Waals surface area contributed by atoms with E-state index in [0.717, 1.165) is 0 Å². The molecule has 0 radical (unpaired) electrons. The lowest BCUT2D eigenvalue weighted by Gasteiger charge is -2.33. The van der Waals surface area contributed by atoms with Gasteiger partial charge >= 0.3 is 0 Å². The Balaban J connectivity index is 1.41. The molecule has 2 unspecified atom stereocenters. The number of rotatable bonds is 5. The van der Waals surface area contributed by atoms with Gasteiger partial charge in [0.15, 0.2) is 6.17 Å². The number of aliphatic imine (C=N–C) groups is 2. The van der Waals surface area contributed by atoms with Gasteiger partial charge in [-0.2, -0.15) is 5.10 Å². The van der Waals surface area contributed by atoms with Crippen LogP contribution in [0.2, 0.25) is 5.02 Å². The largest absolute Gasteiger partial charge is 0.455 e. The van der Waals surface area contributed by atoms with Gasteiger partial charge in [0.05, 0.1) is 24.5 Å². The van der Waals surface area contributed by atoms with E-state index in [4.69, 9.17) is 20.8 Å². The summed E-state index contributed by atoms with van der Waals surface area (Å²) in [6.07, 6.45) is 0.733. The molecule has 0 aliphatic carbocycles. The minimum Gasteiger partial charge on any atom is -0.455 e. The quantitative estimate of drug-likeness (QED) is 0.443. The van der Waals surface area contributed by atoms with Crippen molar-refractivity contribution in [1.29, 1.82) is 0 Å². The van der Waals surface area contributed by atoms with Crippen molar-refractivity contribution in [2.24, 2.45) is 20.3 Å². The van der Waals surface area contributed by atoms with Crippen molar-refractivity contribution in [1.82, 2.24) is 10.3 Å². The monoisotopic (exact) mass is 432 g/mol. The maximum absolute atomic E-state index is 14.2. The van der Waals surface area contributed by atoms with Crippen LogP contribution in [0, 0.1) is 4.91 Å². The number of guanidine groups is 1. The SMILES string of the molecule is O=Nc1cc(-c2ccc(/C=N\NC3=NC(N4CCOCC4)C(F)C=N3)o2)ccc1Cl. The molecule has 2 atom stereocenters. The lowest BCUT2D eigenvalue weighted by atomic mass is 10.1. The smallest absolute Gasteiger partial charge is 0.240 e. The van der Waals surface area contributed by atoms with E-state index in [-0.39, 0.29) is 16.7 Å². The molecule has 4 rings (SSSR count). The Morgan fingerprint density at radius 2 is 2.10 bits per heavy atom. The molecule has 1 fully saturated rings. The fourth-order valence-electron chi connectivity index (χ4n) is 3.10. The molecule has 30 heavy (non-hydrogen) atoms. The Kier molecular flexibility index (Phi) is 6.26. The van der Waals surface area contributed by atoms with E-state index in [9.17, 15) is 9.30 Å². The van der Waals surface area contributed by atoms with Gasteiger partial charge in [0.25, 0.3) is 0 Å². The summed E-state index contributed by atoms with van der Waals surface area (Å²) >= 11 is 5.89. The molecule has 1 N–H and O–H groups in total. The third kappa shape index (κ3) is 4.61. The van der Waals surface area contributed by atoms with Crippen LogP contribution in [-0.2, 0) is 4.74 Å². The van der Waals surface area contributed by atoms with Gasteiger partial charge in [0.1, 0.15) is 23.4 Å². The normalized spacial score (nSPS) is 22.3. The van der Waals surface area contributed by atoms with Crippen LogP contribution >= 0.6 is 11.6 Å². The van der Waals surface area contributed by atoms with Crippen LogP contribution in [0.1, 0.15) is 5.76 Å². The average Bonchev–Trinajstić information content (AvgIpc) is 3.25. The number of hydrogen-bond acceptors (Lipinski definition) is 9. The van der Waals surface area contributed by atoms with Crippen LogP contribution in [0.3, 0.4) is 0 Å². The summed E-state index contributed by atoms with van der Waals surface area (Å²) in [4.78, 5) is 21.0. The summed E-state index contributed by atoms with van der Waals surface area (Å²) in [5, 5.41) is 7.21. The Morgan fingerprint density at radius 3 is 2.90 bits per heavy atom. The molecule has 2 aliphatic heterocycles. The predicted molar refractivity (Wildman–Crippen MR) is 112 cm³/mol. The Labute approximate surface area is 176 Å². The lowest BCUT2D eigenvalue weighted by Crippen LogP contribution is -2.49. The highest BCUT2D eigenvalue weighted by molar-refractivity contribution is 6.33. The number of alkyl halides is 1. The summed E-state index contributed by atoms with van der Waals surface area (Å²) in [7, 11) is 0. The second kappa shape index (κ2) is 9.24. The van der Waals surface area contributed by atoms with Crippen LogP contribution < -0.4 is 5.43 Å². The maximum atomic E-state index is 14.2. The summed E-state index contributed by atoms with van der Waals surface area (Å²) in [5.74, 6) is 1.20. The number of morpholine rings is 1. The first-order valence-corrected chi connectivity index (χ1v) is 9.62. The first-order valence-electron chi connectivity index (χ1n) is 9.24. The summed E-state index contributed by atoms with van der Waals surface area (Å²) in [6, 6.07) is 8.28. The third-order valence-electron chi connectivity index (χ3n) is 4.61. The molecule has 2 aliphatic rings. The first kappa shape index (κ1) is 20.3. The zero-order valence-corrected chi connectivity index (χ0v) is 16.5. The second-order valence-corrected chi connectivity index (χ2v) is 6.97. The highest BCUT2D eigenvalue weighted by Gasteiger charge is 2.30. The first-order chi connectivity index (χ1) is 14.6. The van der Waals surface area contributed by atoms with E-state index >= 15 is 0 Å². The molecule has 3 heterocycles. The molecule has 156 valence electrons. The minimum atomic E-state index is -1.28. The molecule has 0 saturated carbocycles. The fraction of sp³-hybridized carbons (Fsp3) is 0.316. The van der Waals surface area contributed by atoms with Gasteiger partial charge in [-0.05, 0) is 35.5 Å². The average molecular weight is 433 g/mol. The van der Waals surface area contributed by atoms with Gasteiger partial charge in [-0.3, -0.25) is 4.90 Å². The molecule has 1 saturated heterocycles. The van der Waals surface area contributed by atoms with Crippen molar-refractivity contribution < 1.29 is 13.5 Å². The van der Waals surface area contributed by atoms with Crippen molar-refractivity contribution in [2.45, 2.75) is 12.3 Å².